The van der Waals surface area contributed by atoms with E-state index in [1.54, 1.807) is 20.0 Å². The minimum atomic E-state index is -0.847. The number of anilines is 1. The lowest BCUT2D eigenvalue weighted by Gasteiger charge is -2.23. The molecule has 5 heteroatoms. The number of hydrogen-bond donors (Lipinski definition) is 0. The van der Waals surface area contributed by atoms with E-state index in [4.69, 9.17) is 23.2 Å². The molecule has 92 valence electrons. The van der Waals surface area contributed by atoms with E-state index in [0.29, 0.717) is 11.3 Å². The summed E-state index contributed by atoms with van der Waals surface area (Å²) in [4.78, 5) is 13.1. The maximum atomic E-state index is 13.3. The van der Waals surface area contributed by atoms with Crippen molar-refractivity contribution in [1.82, 2.24) is 0 Å². The highest BCUT2D eigenvalue weighted by Crippen LogP contribution is 2.45. The Kier molecular flexibility index (Phi) is 3.08. The van der Waals surface area contributed by atoms with E-state index >= 15 is 0 Å². The molecular formula is C12H12Cl2FNO. The smallest absolute Gasteiger partial charge is 0.237 e. The van der Waals surface area contributed by atoms with Gasteiger partial charge in [-0.3, -0.25) is 4.79 Å². The fraction of sp³-hybridized carbons (Fsp3) is 0.417. The molecule has 0 spiro atoms. The number of rotatable bonds is 2. The summed E-state index contributed by atoms with van der Waals surface area (Å²) in [6.45, 7) is 1.74. The van der Waals surface area contributed by atoms with Gasteiger partial charge in [0.1, 0.15) is 10.7 Å². The molecule has 0 radical (unpaired) electrons. The fourth-order valence-electron chi connectivity index (χ4n) is 2.34. The molecule has 0 bridgehead atoms. The van der Waals surface area contributed by atoms with Gasteiger partial charge < -0.3 is 4.90 Å². The maximum absolute atomic E-state index is 13.3. The molecule has 1 unspecified atom stereocenters. The molecule has 1 aliphatic heterocycles. The lowest BCUT2D eigenvalue weighted by atomic mass is 9.81. The number of hydrogen-bond acceptors (Lipinski definition) is 1. The second-order valence-corrected chi connectivity index (χ2v) is 5.73. The first kappa shape index (κ1) is 12.7. The Morgan fingerprint density at radius 1 is 1.47 bits per heavy atom. The number of carbonyl (C=O) groups excluding carboxylic acids is 1. The maximum Gasteiger partial charge on any atom is 0.237 e. The summed E-state index contributed by atoms with van der Waals surface area (Å²) in [5.74, 6) is -0.469. The Hall–Kier alpha value is -0.800. The van der Waals surface area contributed by atoms with Crippen molar-refractivity contribution in [3.05, 3.63) is 29.6 Å². The van der Waals surface area contributed by atoms with Gasteiger partial charge in [-0.2, -0.15) is 0 Å². The van der Waals surface area contributed by atoms with Crippen molar-refractivity contribution in [3.8, 4) is 0 Å². The first-order chi connectivity index (χ1) is 7.86. The average molecular weight is 276 g/mol. The van der Waals surface area contributed by atoms with Crippen LogP contribution < -0.4 is 4.90 Å². The predicted molar refractivity (Wildman–Crippen MR) is 67.3 cm³/mol. The topological polar surface area (TPSA) is 20.3 Å². The third kappa shape index (κ3) is 1.91. The lowest BCUT2D eigenvalue weighted by Crippen LogP contribution is -2.37. The van der Waals surface area contributed by atoms with Crippen molar-refractivity contribution in [2.24, 2.45) is 0 Å². The van der Waals surface area contributed by atoms with E-state index in [0.717, 1.165) is 0 Å². The summed E-state index contributed by atoms with van der Waals surface area (Å²) in [6.07, 6.45) is 0.274. The summed E-state index contributed by atoms with van der Waals surface area (Å²) in [5, 5.41) is 0. The van der Waals surface area contributed by atoms with Gasteiger partial charge in [0.05, 0.1) is 5.41 Å². The lowest BCUT2D eigenvalue weighted by molar-refractivity contribution is -0.122. The van der Waals surface area contributed by atoms with Crippen molar-refractivity contribution in [2.75, 3.05) is 11.9 Å². The van der Waals surface area contributed by atoms with Crippen LogP contribution in [-0.4, -0.2) is 17.8 Å². The molecule has 1 aliphatic rings. The normalized spacial score (nSPS) is 23.4. The van der Waals surface area contributed by atoms with E-state index in [1.165, 1.54) is 17.0 Å². The number of halogens is 3. The zero-order valence-electron chi connectivity index (χ0n) is 9.51. The van der Waals surface area contributed by atoms with Crippen molar-refractivity contribution < 1.29 is 9.18 Å². The standard InChI is InChI=1S/C12H12Cl2FNO/c1-12(6-10(13)14)8-5-7(15)3-4-9(8)16(2)11(12)17/h3-5,10H,6H2,1-2H3. The van der Waals surface area contributed by atoms with Crippen molar-refractivity contribution in [2.45, 2.75) is 23.6 Å². The highest BCUT2D eigenvalue weighted by Gasteiger charge is 2.46. The monoisotopic (exact) mass is 275 g/mol. The van der Waals surface area contributed by atoms with Gasteiger partial charge in [0, 0.05) is 12.7 Å². The Bertz CT molecular complexity index is 478. The first-order valence-corrected chi connectivity index (χ1v) is 6.10. The molecule has 1 aromatic rings. The van der Waals surface area contributed by atoms with Crippen LogP contribution in [0, 0.1) is 5.82 Å². The predicted octanol–water partition coefficient (Wildman–Crippen LogP) is 3.25. The molecule has 2 nitrogen and oxygen atoms in total. The van der Waals surface area contributed by atoms with E-state index in [9.17, 15) is 9.18 Å². The zero-order chi connectivity index (χ0) is 12.8. The quantitative estimate of drug-likeness (QED) is 0.759. The molecule has 0 saturated carbocycles. The molecule has 2 rings (SSSR count). The van der Waals surface area contributed by atoms with Crippen LogP contribution in [0.4, 0.5) is 10.1 Å². The molecular weight excluding hydrogens is 264 g/mol. The highest BCUT2D eigenvalue weighted by molar-refractivity contribution is 6.44. The summed E-state index contributed by atoms with van der Waals surface area (Å²) < 4.78 is 13.3. The molecule has 17 heavy (non-hydrogen) atoms. The molecule has 0 N–H and O–H groups in total. The largest absolute Gasteiger partial charge is 0.314 e. The number of nitrogens with zero attached hydrogens (tertiary/aromatic N) is 1. The SMILES string of the molecule is CN1C(=O)C(C)(CC(Cl)Cl)c2cc(F)ccc21. The minimum absolute atomic E-state index is 0.107. The molecule has 0 aromatic heterocycles. The molecule has 1 atom stereocenters. The van der Waals surface area contributed by atoms with E-state index < -0.39 is 10.3 Å². The summed E-state index contributed by atoms with van der Waals surface area (Å²) >= 11 is 11.5. The van der Waals surface area contributed by atoms with E-state index in [2.05, 4.69) is 0 Å². The Morgan fingerprint density at radius 3 is 2.71 bits per heavy atom. The first-order valence-electron chi connectivity index (χ1n) is 5.22. The number of benzene rings is 1. The number of carbonyl (C=O) groups is 1. The Balaban J connectivity index is 2.56. The van der Waals surface area contributed by atoms with Crippen LogP contribution in [0.15, 0.2) is 18.2 Å². The minimum Gasteiger partial charge on any atom is -0.314 e. The molecule has 0 fully saturated rings. The zero-order valence-corrected chi connectivity index (χ0v) is 11.0. The Labute approximate surface area is 109 Å². The number of likely N-dealkylation sites (N-methyl/N-ethyl adjacent to an activating group) is 1. The molecule has 0 saturated heterocycles. The van der Waals surface area contributed by atoms with Crippen LogP contribution in [0.2, 0.25) is 0 Å². The second kappa shape index (κ2) is 4.14. The molecule has 1 amide bonds. The van der Waals surface area contributed by atoms with Crippen LogP contribution >= 0.6 is 23.2 Å². The van der Waals surface area contributed by atoms with Gasteiger partial charge in [0.15, 0.2) is 0 Å². The molecule has 1 aromatic carbocycles. The van der Waals surface area contributed by atoms with Gasteiger partial charge in [0.2, 0.25) is 5.91 Å². The van der Waals surface area contributed by atoms with Crippen molar-refractivity contribution in [3.63, 3.8) is 0 Å². The number of amides is 1. The summed E-state index contributed by atoms with van der Waals surface area (Å²) in [6, 6.07) is 4.32. The van der Waals surface area contributed by atoms with Gasteiger partial charge in [-0.05, 0) is 37.1 Å². The van der Waals surface area contributed by atoms with Gasteiger partial charge in [-0.15, -0.1) is 23.2 Å². The highest BCUT2D eigenvalue weighted by atomic mass is 35.5. The fourth-order valence-corrected chi connectivity index (χ4v) is 2.96. The van der Waals surface area contributed by atoms with Crippen molar-refractivity contribution >= 4 is 34.8 Å². The third-order valence-corrected chi connectivity index (χ3v) is 3.56. The van der Waals surface area contributed by atoms with E-state index in [-0.39, 0.29) is 18.1 Å². The van der Waals surface area contributed by atoms with Crippen LogP contribution in [0.3, 0.4) is 0 Å². The van der Waals surface area contributed by atoms with Gasteiger partial charge in [0.25, 0.3) is 0 Å². The van der Waals surface area contributed by atoms with Crippen LogP contribution in [0.5, 0.6) is 0 Å². The summed E-state index contributed by atoms with van der Waals surface area (Å²) in [5.41, 5.74) is 0.518. The van der Waals surface area contributed by atoms with Gasteiger partial charge in [-0.25, -0.2) is 4.39 Å². The van der Waals surface area contributed by atoms with Gasteiger partial charge >= 0.3 is 0 Å². The summed E-state index contributed by atoms with van der Waals surface area (Å²) in [7, 11) is 1.67. The van der Waals surface area contributed by atoms with Crippen LogP contribution in [0.25, 0.3) is 0 Å². The second-order valence-electron chi connectivity index (χ2n) is 4.45. The average Bonchev–Trinajstić information content (AvgIpc) is 2.41. The van der Waals surface area contributed by atoms with Gasteiger partial charge in [-0.1, -0.05) is 0 Å². The molecule has 1 heterocycles. The molecule has 0 aliphatic carbocycles. The number of alkyl halides is 2. The third-order valence-electron chi connectivity index (χ3n) is 3.25. The van der Waals surface area contributed by atoms with E-state index in [1.807, 2.05) is 0 Å². The van der Waals surface area contributed by atoms with Crippen molar-refractivity contribution in [1.29, 1.82) is 0 Å². The Morgan fingerprint density at radius 2 is 2.12 bits per heavy atom. The van der Waals surface area contributed by atoms with Crippen LogP contribution in [0.1, 0.15) is 18.9 Å². The number of fused-ring (bicyclic) bond motifs is 1. The van der Waals surface area contributed by atoms with Crippen LogP contribution in [-0.2, 0) is 10.2 Å².